The van der Waals surface area contributed by atoms with Crippen LogP contribution < -0.4 is 0 Å². The first-order valence-electron chi connectivity index (χ1n) is 8.84. The van der Waals surface area contributed by atoms with Crippen molar-refractivity contribution in [3.63, 3.8) is 0 Å². The van der Waals surface area contributed by atoms with E-state index >= 15 is 0 Å². The molecule has 1 aromatic carbocycles. The Kier molecular flexibility index (Phi) is 4.96. The lowest BCUT2D eigenvalue weighted by Gasteiger charge is -2.34. The summed E-state index contributed by atoms with van der Waals surface area (Å²) >= 11 is 1.71. The topological polar surface area (TPSA) is 73.8 Å². The van der Waals surface area contributed by atoms with E-state index in [1.165, 1.54) is 9.01 Å². The summed E-state index contributed by atoms with van der Waals surface area (Å²) in [6.45, 7) is 4.09. The van der Waals surface area contributed by atoms with Gasteiger partial charge in [-0.3, -0.25) is 9.69 Å². The SMILES string of the molecule is O=C(CN1CCCS1(=O)=O)N1CCN(Cc2nc3ccccc3s2)CC1. The van der Waals surface area contributed by atoms with E-state index in [1.54, 1.807) is 16.2 Å². The van der Waals surface area contributed by atoms with Gasteiger partial charge in [0, 0.05) is 32.7 Å². The fourth-order valence-electron chi connectivity index (χ4n) is 3.45. The van der Waals surface area contributed by atoms with Gasteiger partial charge in [-0.2, -0.15) is 4.31 Å². The first kappa shape index (κ1) is 17.8. The van der Waals surface area contributed by atoms with Gasteiger partial charge in [0.2, 0.25) is 15.9 Å². The second-order valence-corrected chi connectivity index (χ2v) is 9.94. The Labute approximate surface area is 157 Å². The van der Waals surface area contributed by atoms with E-state index in [0.29, 0.717) is 26.1 Å². The van der Waals surface area contributed by atoms with Crippen molar-refractivity contribution in [2.75, 3.05) is 45.0 Å². The summed E-state index contributed by atoms with van der Waals surface area (Å²) in [5.74, 6) is 0.0751. The summed E-state index contributed by atoms with van der Waals surface area (Å²) in [6.07, 6.45) is 0.617. The molecule has 1 amide bonds. The summed E-state index contributed by atoms with van der Waals surface area (Å²) in [5, 5.41) is 1.09. The third-order valence-corrected chi connectivity index (χ3v) is 7.86. The highest BCUT2D eigenvalue weighted by atomic mass is 32.2. The minimum Gasteiger partial charge on any atom is -0.339 e. The lowest BCUT2D eigenvalue weighted by Crippen LogP contribution is -2.51. The molecule has 2 aliphatic rings. The summed E-state index contributed by atoms with van der Waals surface area (Å²) in [7, 11) is -3.22. The number of carbonyl (C=O) groups is 1. The molecule has 0 N–H and O–H groups in total. The van der Waals surface area contributed by atoms with Crippen molar-refractivity contribution in [3.05, 3.63) is 29.3 Å². The molecule has 0 spiro atoms. The van der Waals surface area contributed by atoms with E-state index < -0.39 is 10.0 Å². The number of fused-ring (bicyclic) bond motifs is 1. The highest BCUT2D eigenvalue weighted by Gasteiger charge is 2.32. The van der Waals surface area contributed by atoms with Crippen LogP contribution in [0.5, 0.6) is 0 Å². The minimum atomic E-state index is -3.22. The summed E-state index contributed by atoms with van der Waals surface area (Å²) < 4.78 is 26.2. The number of amides is 1. The molecule has 0 atom stereocenters. The Hall–Kier alpha value is -1.55. The number of thiazole rings is 1. The van der Waals surface area contributed by atoms with Crippen LogP contribution in [0.3, 0.4) is 0 Å². The van der Waals surface area contributed by atoms with Crippen molar-refractivity contribution in [3.8, 4) is 0 Å². The zero-order valence-electron chi connectivity index (χ0n) is 14.5. The van der Waals surface area contributed by atoms with E-state index in [2.05, 4.69) is 16.0 Å². The molecular weight excluding hydrogens is 372 g/mol. The molecule has 140 valence electrons. The molecule has 0 radical (unpaired) electrons. The second-order valence-electron chi connectivity index (χ2n) is 6.74. The van der Waals surface area contributed by atoms with Gasteiger partial charge in [-0.15, -0.1) is 11.3 Å². The van der Waals surface area contributed by atoms with Crippen molar-refractivity contribution in [1.29, 1.82) is 0 Å². The van der Waals surface area contributed by atoms with Gasteiger partial charge in [-0.05, 0) is 18.6 Å². The Morgan fingerprint density at radius 2 is 1.88 bits per heavy atom. The number of para-hydroxylation sites is 1. The van der Waals surface area contributed by atoms with E-state index in [1.807, 2.05) is 18.2 Å². The highest BCUT2D eigenvalue weighted by Crippen LogP contribution is 2.23. The van der Waals surface area contributed by atoms with Crippen LogP contribution in [0.1, 0.15) is 11.4 Å². The largest absolute Gasteiger partial charge is 0.339 e. The van der Waals surface area contributed by atoms with E-state index in [9.17, 15) is 13.2 Å². The van der Waals surface area contributed by atoms with Gasteiger partial charge in [-0.25, -0.2) is 13.4 Å². The predicted octanol–water partition coefficient (Wildman–Crippen LogP) is 0.976. The minimum absolute atomic E-state index is 0.0137. The molecule has 2 fully saturated rings. The average molecular weight is 395 g/mol. The lowest BCUT2D eigenvalue weighted by molar-refractivity contribution is -0.133. The molecule has 9 heteroatoms. The van der Waals surface area contributed by atoms with Crippen molar-refractivity contribution < 1.29 is 13.2 Å². The fraction of sp³-hybridized carbons (Fsp3) is 0.529. The average Bonchev–Trinajstić information content (AvgIpc) is 3.17. The van der Waals surface area contributed by atoms with Gasteiger partial charge in [0.05, 0.1) is 29.1 Å². The molecule has 0 bridgehead atoms. The quantitative estimate of drug-likeness (QED) is 0.773. The Morgan fingerprint density at radius 3 is 2.58 bits per heavy atom. The third kappa shape index (κ3) is 3.75. The maximum atomic E-state index is 12.4. The van der Waals surface area contributed by atoms with Gasteiger partial charge < -0.3 is 4.90 Å². The first-order valence-corrected chi connectivity index (χ1v) is 11.3. The number of carbonyl (C=O) groups excluding carboxylic acids is 1. The summed E-state index contributed by atoms with van der Waals surface area (Å²) in [5.41, 5.74) is 1.04. The molecule has 0 aliphatic carbocycles. The number of hydrogen-bond donors (Lipinski definition) is 0. The number of benzene rings is 1. The number of nitrogens with zero attached hydrogens (tertiary/aromatic N) is 4. The number of hydrogen-bond acceptors (Lipinski definition) is 6. The zero-order chi connectivity index (χ0) is 18.1. The molecule has 4 rings (SSSR count). The number of aromatic nitrogens is 1. The first-order chi connectivity index (χ1) is 12.5. The van der Waals surface area contributed by atoms with Crippen molar-refractivity contribution in [1.82, 2.24) is 19.1 Å². The van der Waals surface area contributed by atoms with Crippen LogP contribution in [0.2, 0.25) is 0 Å². The van der Waals surface area contributed by atoms with Gasteiger partial charge >= 0.3 is 0 Å². The maximum absolute atomic E-state index is 12.4. The van der Waals surface area contributed by atoms with Crippen LogP contribution in [0.25, 0.3) is 10.2 Å². The van der Waals surface area contributed by atoms with E-state index in [4.69, 9.17) is 0 Å². The Balaban J connectivity index is 1.30. The molecule has 1 aromatic heterocycles. The molecular formula is C17H22N4O3S2. The smallest absolute Gasteiger partial charge is 0.237 e. The normalized spacial score (nSPS) is 21.5. The number of piperazine rings is 1. The standard InChI is InChI=1S/C17H22N4O3S2/c22-17(13-21-6-3-11-26(21,23)24)20-9-7-19(8-10-20)12-16-18-14-4-1-2-5-15(14)25-16/h1-2,4-5H,3,6-13H2. The Morgan fingerprint density at radius 1 is 1.12 bits per heavy atom. The maximum Gasteiger partial charge on any atom is 0.237 e. The van der Waals surface area contributed by atoms with Gasteiger partial charge in [-0.1, -0.05) is 12.1 Å². The molecule has 0 unspecified atom stereocenters. The molecule has 7 nitrogen and oxygen atoms in total. The number of rotatable bonds is 4. The zero-order valence-corrected chi connectivity index (χ0v) is 16.1. The predicted molar refractivity (Wildman–Crippen MR) is 101 cm³/mol. The van der Waals surface area contributed by atoms with Crippen LogP contribution in [-0.4, -0.2) is 78.4 Å². The van der Waals surface area contributed by atoms with Crippen LogP contribution in [0, 0.1) is 0 Å². The van der Waals surface area contributed by atoms with Crippen molar-refractivity contribution >= 4 is 37.5 Å². The summed E-state index contributed by atoms with van der Waals surface area (Å²) in [6, 6.07) is 8.13. The molecule has 26 heavy (non-hydrogen) atoms. The van der Waals surface area contributed by atoms with Crippen molar-refractivity contribution in [2.24, 2.45) is 0 Å². The monoisotopic (exact) mass is 394 g/mol. The molecule has 3 heterocycles. The number of sulfonamides is 1. The van der Waals surface area contributed by atoms with Crippen LogP contribution >= 0.6 is 11.3 Å². The second kappa shape index (κ2) is 7.22. The third-order valence-electron chi connectivity index (χ3n) is 4.94. The van der Waals surface area contributed by atoms with Gasteiger partial charge in [0.1, 0.15) is 5.01 Å². The lowest BCUT2D eigenvalue weighted by atomic mass is 10.3. The van der Waals surface area contributed by atoms with Crippen LogP contribution in [-0.2, 0) is 21.4 Å². The molecule has 2 aliphatic heterocycles. The molecule has 2 saturated heterocycles. The van der Waals surface area contributed by atoms with Crippen LogP contribution in [0.15, 0.2) is 24.3 Å². The molecule has 0 saturated carbocycles. The summed E-state index contributed by atoms with van der Waals surface area (Å²) in [4.78, 5) is 21.2. The van der Waals surface area contributed by atoms with Gasteiger partial charge in [0.15, 0.2) is 0 Å². The molecule has 2 aromatic rings. The van der Waals surface area contributed by atoms with E-state index in [0.717, 1.165) is 30.2 Å². The van der Waals surface area contributed by atoms with Gasteiger partial charge in [0.25, 0.3) is 0 Å². The van der Waals surface area contributed by atoms with Crippen molar-refractivity contribution in [2.45, 2.75) is 13.0 Å². The Bertz CT molecular complexity index is 871. The van der Waals surface area contributed by atoms with Crippen LogP contribution in [0.4, 0.5) is 0 Å². The highest BCUT2D eigenvalue weighted by molar-refractivity contribution is 7.89. The fourth-order valence-corrected chi connectivity index (χ4v) is 5.93. The van der Waals surface area contributed by atoms with E-state index in [-0.39, 0.29) is 18.2 Å².